The number of ether oxygens (including phenoxy) is 1. The fraction of sp³-hybridized carbons (Fsp3) is 0.222. The molecule has 3 nitrogen and oxygen atoms in total. The van der Waals surface area contributed by atoms with E-state index in [0.717, 1.165) is 10.2 Å². The van der Waals surface area contributed by atoms with Crippen molar-refractivity contribution in [1.29, 1.82) is 0 Å². The van der Waals surface area contributed by atoms with Gasteiger partial charge < -0.3 is 10.1 Å². The van der Waals surface area contributed by atoms with E-state index >= 15 is 0 Å². The molecule has 14 heavy (non-hydrogen) atoms. The second-order valence-electron chi connectivity index (χ2n) is 2.55. The minimum atomic E-state index is -0.322. The quantitative estimate of drug-likeness (QED) is 0.864. The van der Waals surface area contributed by atoms with Gasteiger partial charge in [-0.05, 0) is 34.1 Å². The van der Waals surface area contributed by atoms with Gasteiger partial charge in [-0.3, -0.25) is 4.79 Å². The van der Waals surface area contributed by atoms with Gasteiger partial charge in [0.2, 0.25) is 0 Å². The highest BCUT2D eigenvalue weighted by Crippen LogP contribution is 2.25. The van der Waals surface area contributed by atoms with Crippen LogP contribution in [0.5, 0.6) is 0 Å². The largest absolute Gasteiger partial charge is 0.468 e. The highest BCUT2D eigenvalue weighted by Gasteiger charge is 2.03. The Morgan fingerprint density at radius 3 is 3.00 bits per heavy atom. The summed E-state index contributed by atoms with van der Waals surface area (Å²) in [6, 6.07) is 5.30. The van der Waals surface area contributed by atoms with Crippen LogP contribution in [0.1, 0.15) is 0 Å². The van der Waals surface area contributed by atoms with Crippen LogP contribution < -0.4 is 5.32 Å². The zero-order chi connectivity index (χ0) is 10.6. The Hall–Kier alpha value is -0.740. The zero-order valence-electron chi connectivity index (χ0n) is 7.51. The Morgan fingerprint density at radius 1 is 1.64 bits per heavy atom. The molecule has 1 rings (SSSR count). The minimum Gasteiger partial charge on any atom is -0.468 e. The Morgan fingerprint density at radius 2 is 2.36 bits per heavy atom. The van der Waals surface area contributed by atoms with Gasteiger partial charge in [-0.2, -0.15) is 0 Å². The van der Waals surface area contributed by atoms with Gasteiger partial charge in [-0.25, -0.2) is 0 Å². The highest BCUT2D eigenvalue weighted by atomic mass is 79.9. The maximum Gasteiger partial charge on any atom is 0.325 e. The molecule has 0 amide bonds. The van der Waals surface area contributed by atoms with E-state index in [4.69, 9.17) is 11.6 Å². The molecule has 0 bridgehead atoms. The summed E-state index contributed by atoms with van der Waals surface area (Å²) in [5.41, 5.74) is 0.767. The van der Waals surface area contributed by atoms with Gasteiger partial charge in [-0.1, -0.05) is 11.6 Å². The van der Waals surface area contributed by atoms with E-state index in [2.05, 4.69) is 26.0 Å². The standard InChI is InChI=1S/C9H9BrClNO2/c1-14-9(13)5-12-8-4-6(11)2-3-7(8)10/h2-4,12H,5H2,1H3. The number of halogens is 2. The molecule has 0 aromatic heterocycles. The van der Waals surface area contributed by atoms with Gasteiger partial charge in [0.25, 0.3) is 0 Å². The second kappa shape index (κ2) is 5.22. The molecular weight excluding hydrogens is 269 g/mol. The van der Waals surface area contributed by atoms with Gasteiger partial charge in [0.15, 0.2) is 0 Å². The first-order valence-corrected chi connectivity index (χ1v) is 5.06. The van der Waals surface area contributed by atoms with Gasteiger partial charge >= 0.3 is 5.97 Å². The topological polar surface area (TPSA) is 38.3 Å². The molecular formula is C9H9BrClNO2. The molecule has 0 aliphatic rings. The van der Waals surface area contributed by atoms with Crippen LogP contribution in [-0.2, 0) is 9.53 Å². The fourth-order valence-corrected chi connectivity index (χ4v) is 1.43. The third-order valence-electron chi connectivity index (χ3n) is 1.58. The number of benzene rings is 1. The second-order valence-corrected chi connectivity index (χ2v) is 3.84. The lowest BCUT2D eigenvalue weighted by atomic mass is 10.3. The molecule has 0 aliphatic heterocycles. The Labute approximate surface area is 95.5 Å². The van der Waals surface area contributed by atoms with Crippen molar-refractivity contribution >= 4 is 39.2 Å². The predicted molar refractivity (Wildman–Crippen MR) is 59.7 cm³/mol. The van der Waals surface area contributed by atoms with E-state index in [-0.39, 0.29) is 12.5 Å². The van der Waals surface area contributed by atoms with Crippen molar-refractivity contribution in [1.82, 2.24) is 0 Å². The number of esters is 1. The first-order valence-electron chi connectivity index (χ1n) is 3.89. The molecule has 0 fully saturated rings. The average Bonchev–Trinajstić information content (AvgIpc) is 2.19. The van der Waals surface area contributed by atoms with Crippen molar-refractivity contribution in [3.63, 3.8) is 0 Å². The third-order valence-corrected chi connectivity index (χ3v) is 2.51. The SMILES string of the molecule is COC(=O)CNc1cc(Cl)ccc1Br. The van der Waals surface area contributed by atoms with Crippen LogP contribution >= 0.6 is 27.5 Å². The lowest BCUT2D eigenvalue weighted by molar-refractivity contribution is -0.138. The number of nitrogens with one attached hydrogen (secondary N) is 1. The lowest BCUT2D eigenvalue weighted by Gasteiger charge is -2.07. The van der Waals surface area contributed by atoms with Crippen LogP contribution in [0.25, 0.3) is 0 Å². The Bertz CT molecular complexity index is 344. The zero-order valence-corrected chi connectivity index (χ0v) is 9.85. The first-order chi connectivity index (χ1) is 6.63. The molecule has 1 aromatic rings. The monoisotopic (exact) mass is 277 g/mol. The smallest absolute Gasteiger partial charge is 0.325 e. The van der Waals surface area contributed by atoms with Crippen LogP contribution in [0.3, 0.4) is 0 Å². The van der Waals surface area contributed by atoms with Crippen molar-refractivity contribution in [3.8, 4) is 0 Å². The number of carbonyl (C=O) groups is 1. The molecule has 0 radical (unpaired) electrons. The number of anilines is 1. The van der Waals surface area contributed by atoms with Crippen LogP contribution in [0, 0.1) is 0 Å². The summed E-state index contributed by atoms with van der Waals surface area (Å²) in [4.78, 5) is 10.8. The summed E-state index contributed by atoms with van der Waals surface area (Å²) in [7, 11) is 1.34. The van der Waals surface area contributed by atoms with E-state index in [1.807, 2.05) is 6.07 Å². The molecule has 5 heteroatoms. The Kier molecular flexibility index (Phi) is 4.22. The maximum absolute atomic E-state index is 10.8. The number of hydrogen-bond donors (Lipinski definition) is 1. The first kappa shape index (κ1) is 11.3. The van der Waals surface area contributed by atoms with Gasteiger partial charge in [0, 0.05) is 9.50 Å². The van der Waals surface area contributed by atoms with Crippen molar-refractivity contribution in [3.05, 3.63) is 27.7 Å². The summed E-state index contributed by atoms with van der Waals surface area (Å²) in [6.07, 6.45) is 0. The molecule has 0 saturated heterocycles. The average molecular weight is 279 g/mol. The molecule has 0 atom stereocenters. The van der Waals surface area contributed by atoms with Crippen molar-refractivity contribution in [2.45, 2.75) is 0 Å². The summed E-state index contributed by atoms with van der Waals surface area (Å²) >= 11 is 9.12. The molecule has 0 spiro atoms. The highest BCUT2D eigenvalue weighted by molar-refractivity contribution is 9.10. The van der Waals surface area contributed by atoms with E-state index in [0.29, 0.717) is 5.02 Å². The maximum atomic E-state index is 10.8. The van der Waals surface area contributed by atoms with E-state index in [1.165, 1.54) is 7.11 Å². The van der Waals surface area contributed by atoms with Crippen LogP contribution in [0.15, 0.2) is 22.7 Å². The molecule has 0 heterocycles. The number of hydrogen-bond acceptors (Lipinski definition) is 3. The summed E-state index contributed by atoms with van der Waals surface area (Å²) in [6.45, 7) is 0.120. The lowest BCUT2D eigenvalue weighted by Crippen LogP contribution is -2.15. The van der Waals surface area contributed by atoms with Gasteiger partial charge in [-0.15, -0.1) is 0 Å². The van der Waals surface area contributed by atoms with Crippen LogP contribution in [0.4, 0.5) is 5.69 Å². The van der Waals surface area contributed by atoms with Crippen molar-refractivity contribution in [2.75, 3.05) is 19.0 Å². The summed E-state index contributed by atoms with van der Waals surface area (Å²) < 4.78 is 5.34. The van der Waals surface area contributed by atoms with Gasteiger partial charge in [0.1, 0.15) is 6.54 Å². The number of rotatable bonds is 3. The minimum absolute atomic E-state index is 0.120. The summed E-state index contributed by atoms with van der Waals surface area (Å²) in [5, 5.41) is 3.51. The summed E-state index contributed by atoms with van der Waals surface area (Å²) in [5.74, 6) is -0.322. The number of methoxy groups -OCH3 is 1. The fourth-order valence-electron chi connectivity index (χ4n) is 0.873. The van der Waals surface area contributed by atoms with E-state index in [9.17, 15) is 4.79 Å². The molecule has 1 N–H and O–H groups in total. The number of carbonyl (C=O) groups excluding carboxylic acids is 1. The molecule has 76 valence electrons. The molecule has 0 aliphatic carbocycles. The van der Waals surface area contributed by atoms with Crippen molar-refractivity contribution in [2.24, 2.45) is 0 Å². The van der Waals surface area contributed by atoms with Crippen LogP contribution in [-0.4, -0.2) is 19.6 Å². The third kappa shape index (κ3) is 3.20. The van der Waals surface area contributed by atoms with Gasteiger partial charge in [0.05, 0.1) is 12.8 Å². The van der Waals surface area contributed by atoms with Crippen LogP contribution in [0.2, 0.25) is 5.02 Å². The molecule has 1 aromatic carbocycles. The Balaban J connectivity index is 2.66. The predicted octanol–water partition coefficient (Wildman–Crippen LogP) is 2.69. The van der Waals surface area contributed by atoms with E-state index < -0.39 is 0 Å². The normalized spacial score (nSPS) is 9.64. The van der Waals surface area contributed by atoms with E-state index in [1.54, 1.807) is 12.1 Å². The van der Waals surface area contributed by atoms with Crippen molar-refractivity contribution < 1.29 is 9.53 Å². The molecule has 0 saturated carbocycles. The molecule has 0 unspecified atom stereocenters.